The number of aromatic nitrogens is 4. The van der Waals surface area contributed by atoms with Gasteiger partial charge in [-0.1, -0.05) is 29.8 Å². The van der Waals surface area contributed by atoms with Gasteiger partial charge in [0.2, 0.25) is 5.91 Å². The maximum atomic E-state index is 11.7. The highest BCUT2D eigenvalue weighted by molar-refractivity contribution is 6.38. The first-order chi connectivity index (χ1) is 15.0. The molecular formula is C21H21Cl2N5O3. The molecule has 1 unspecified atom stereocenters. The van der Waals surface area contributed by atoms with Gasteiger partial charge in [-0.05, 0) is 31.3 Å². The highest BCUT2D eigenvalue weighted by Gasteiger charge is 2.31. The third kappa shape index (κ3) is 3.77. The number of halogens is 2. The Morgan fingerprint density at radius 3 is 2.61 bits per heavy atom. The smallest absolute Gasteiger partial charge is 0.247 e. The topological polar surface area (TPSA) is 105 Å². The summed E-state index contributed by atoms with van der Waals surface area (Å²) in [5, 5.41) is 18.3. The van der Waals surface area contributed by atoms with Crippen LogP contribution in [0, 0.1) is 0 Å². The number of hydrogen-bond donors (Lipinski definition) is 3. The van der Waals surface area contributed by atoms with Gasteiger partial charge in [-0.15, -0.1) is 0 Å². The maximum absolute atomic E-state index is 11.7. The van der Waals surface area contributed by atoms with Crippen LogP contribution in [0.4, 0.5) is 5.69 Å². The lowest BCUT2D eigenvalue weighted by Crippen LogP contribution is -2.14. The number of nitrogens with zero attached hydrogens (tertiary/aromatic N) is 2. The van der Waals surface area contributed by atoms with Gasteiger partial charge in [0.15, 0.2) is 0 Å². The number of benzene rings is 1. The molecule has 3 N–H and O–H groups in total. The van der Waals surface area contributed by atoms with Crippen molar-refractivity contribution in [1.29, 1.82) is 0 Å². The standard InChI is InChI=1S/C21H21Cl2N5O3/c1-4-16(29)25-13-9-24-27-21(13)20-11-6-5-10(7-12(11)26-28-20)17-18(22)14(30-2)8-15(31-3)19(17)23/h4,8-10H,1,5-7H2,2-3H3,(H,24,27)(H,25,29)(H,26,28). The van der Waals surface area contributed by atoms with Crippen molar-refractivity contribution in [3.63, 3.8) is 0 Å². The summed E-state index contributed by atoms with van der Waals surface area (Å²) in [7, 11) is 3.12. The predicted octanol–water partition coefficient (Wildman–Crippen LogP) is 4.52. The van der Waals surface area contributed by atoms with Gasteiger partial charge in [0.05, 0.1) is 36.1 Å². The van der Waals surface area contributed by atoms with Crippen LogP contribution in [0.25, 0.3) is 11.4 Å². The van der Waals surface area contributed by atoms with Crippen molar-refractivity contribution < 1.29 is 14.3 Å². The minimum absolute atomic E-state index is 0.0616. The molecule has 1 aliphatic rings. The Kier molecular flexibility index (Phi) is 5.93. The number of ether oxygens (including phenoxy) is 2. The van der Waals surface area contributed by atoms with E-state index in [1.54, 1.807) is 26.5 Å². The molecule has 8 nitrogen and oxygen atoms in total. The van der Waals surface area contributed by atoms with Crippen molar-refractivity contribution in [1.82, 2.24) is 20.4 Å². The van der Waals surface area contributed by atoms with Crippen LogP contribution in [-0.4, -0.2) is 40.5 Å². The quantitative estimate of drug-likeness (QED) is 0.468. The number of amides is 1. The third-order valence-electron chi connectivity index (χ3n) is 5.48. The van der Waals surface area contributed by atoms with Crippen molar-refractivity contribution in [2.75, 3.05) is 19.5 Å². The molecule has 10 heteroatoms. The summed E-state index contributed by atoms with van der Waals surface area (Å²) in [6.07, 6.45) is 4.97. The molecule has 3 aromatic rings. The summed E-state index contributed by atoms with van der Waals surface area (Å²) in [6.45, 7) is 3.48. The summed E-state index contributed by atoms with van der Waals surface area (Å²) < 4.78 is 10.8. The van der Waals surface area contributed by atoms with Gasteiger partial charge in [-0.25, -0.2) is 0 Å². The van der Waals surface area contributed by atoms with Gasteiger partial charge in [0.1, 0.15) is 22.9 Å². The largest absolute Gasteiger partial charge is 0.495 e. The lowest BCUT2D eigenvalue weighted by atomic mass is 9.82. The van der Waals surface area contributed by atoms with Gasteiger partial charge < -0.3 is 14.8 Å². The van der Waals surface area contributed by atoms with E-state index in [2.05, 4.69) is 32.3 Å². The molecular weight excluding hydrogens is 441 g/mol. The average Bonchev–Trinajstić information content (AvgIpc) is 3.40. The summed E-state index contributed by atoms with van der Waals surface area (Å²) in [4.78, 5) is 11.7. The minimum atomic E-state index is -0.316. The van der Waals surface area contributed by atoms with Crippen molar-refractivity contribution >= 4 is 34.8 Å². The summed E-state index contributed by atoms with van der Waals surface area (Å²) >= 11 is 13.2. The van der Waals surface area contributed by atoms with Crippen LogP contribution >= 0.6 is 23.2 Å². The van der Waals surface area contributed by atoms with Crippen LogP contribution in [0.3, 0.4) is 0 Å². The number of methoxy groups -OCH3 is 2. The van der Waals surface area contributed by atoms with E-state index in [-0.39, 0.29) is 11.8 Å². The molecule has 1 aromatic carbocycles. The molecule has 0 saturated heterocycles. The zero-order chi connectivity index (χ0) is 22.1. The molecule has 0 radical (unpaired) electrons. The molecule has 1 atom stereocenters. The van der Waals surface area contributed by atoms with Gasteiger partial charge in [0.25, 0.3) is 0 Å². The maximum Gasteiger partial charge on any atom is 0.247 e. The number of anilines is 1. The van der Waals surface area contributed by atoms with Crippen LogP contribution in [0.1, 0.15) is 29.2 Å². The molecule has 162 valence electrons. The minimum Gasteiger partial charge on any atom is -0.495 e. The molecule has 0 spiro atoms. The Labute approximate surface area is 188 Å². The lowest BCUT2D eigenvalue weighted by molar-refractivity contribution is -0.111. The van der Waals surface area contributed by atoms with E-state index in [4.69, 9.17) is 32.7 Å². The van der Waals surface area contributed by atoms with E-state index in [0.29, 0.717) is 39.3 Å². The van der Waals surface area contributed by atoms with Crippen LogP contribution < -0.4 is 14.8 Å². The second kappa shape index (κ2) is 8.64. The van der Waals surface area contributed by atoms with Gasteiger partial charge in [-0.2, -0.15) is 10.2 Å². The normalized spacial score (nSPS) is 15.3. The monoisotopic (exact) mass is 461 g/mol. The van der Waals surface area contributed by atoms with Crippen LogP contribution in [0.5, 0.6) is 11.5 Å². The van der Waals surface area contributed by atoms with Crippen molar-refractivity contribution in [2.24, 2.45) is 0 Å². The number of hydrogen-bond acceptors (Lipinski definition) is 5. The Morgan fingerprint density at radius 1 is 1.26 bits per heavy atom. The van der Waals surface area contributed by atoms with E-state index in [9.17, 15) is 4.79 Å². The first kappa shape index (κ1) is 21.3. The number of aromatic amines is 2. The summed E-state index contributed by atoms with van der Waals surface area (Å²) in [5.41, 5.74) is 4.77. The van der Waals surface area contributed by atoms with Crippen molar-refractivity contribution in [2.45, 2.75) is 25.2 Å². The van der Waals surface area contributed by atoms with E-state index in [1.807, 2.05) is 0 Å². The van der Waals surface area contributed by atoms with E-state index in [1.165, 1.54) is 6.08 Å². The molecule has 0 saturated carbocycles. The van der Waals surface area contributed by atoms with Crippen molar-refractivity contribution in [3.8, 4) is 22.9 Å². The number of carbonyl (C=O) groups excluding carboxylic acids is 1. The van der Waals surface area contributed by atoms with Crippen LogP contribution in [0.2, 0.25) is 10.0 Å². The molecule has 4 rings (SSSR count). The average molecular weight is 462 g/mol. The number of carbonyl (C=O) groups is 1. The Morgan fingerprint density at radius 2 is 1.97 bits per heavy atom. The summed E-state index contributed by atoms with van der Waals surface area (Å²) in [6, 6.07) is 1.69. The van der Waals surface area contributed by atoms with Gasteiger partial charge >= 0.3 is 0 Å². The van der Waals surface area contributed by atoms with Gasteiger partial charge in [0, 0.05) is 22.9 Å². The molecule has 0 fully saturated rings. The third-order valence-corrected chi connectivity index (χ3v) is 6.26. The fourth-order valence-electron chi connectivity index (χ4n) is 3.97. The first-order valence-corrected chi connectivity index (χ1v) is 10.4. The number of rotatable bonds is 6. The molecule has 0 aliphatic heterocycles. The van der Waals surface area contributed by atoms with Crippen LogP contribution in [-0.2, 0) is 17.6 Å². The zero-order valence-corrected chi connectivity index (χ0v) is 18.5. The number of H-pyrrole nitrogens is 2. The summed E-state index contributed by atoms with van der Waals surface area (Å²) in [5.74, 6) is 0.790. The molecule has 1 amide bonds. The molecule has 1 aliphatic carbocycles. The van der Waals surface area contributed by atoms with E-state index in [0.717, 1.165) is 35.4 Å². The second-order valence-electron chi connectivity index (χ2n) is 7.14. The molecule has 0 bridgehead atoms. The van der Waals surface area contributed by atoms with Gasteiger partial charge in [-0.3, -0.25) is 15.0 Å². The SMILES string of the molecule is C=CC(=O)Nc1cn[nH]c1-c1n[nH]c2c1CCC(c1c(Cl)c(OC)cc(OC)c1Cl)C2. The highest BCUT2D eigenvalue weighted by Crippen LogP contribution is 2.47. The fraction of sp³-hybridized carbons (Fsp3) is 0.286. The first-order valence-electron chi connectivity index (χ1n) is 9.61. The fourth-order valence-corrected chi connectivity index (χ4v) is 4.78. The van der Waals surface area contributed by atoms with Crippen molar-refractivity contribution in [3.05, 3.63) is 51.8 Å². The Bertz CT molecular complexity index is 1130. The van der Waals surface area contributed by atoms with E-state index >= 15 is 0 Å². The molecule has 2 heterocycles. The van der Waals surface area contributed by atoms with E-state index < -0.39 is 0 Å². The number of nitrogens with one attached hydrogen (secondary N) is 3. The zero-order valence-electron chi connectivity index (χ0n) is 17.0. The molecule has 2 aromatic heterocycles. The molecule has 31 heavy (non-hydrogen) atoms. The highest BCUT2D eigenvalue weighted by atomic mass is 35.5. The lowest BCUT2D eigenvalue weighted by Gasteiger charge is -2.26. The number of fused-ring (bicyclic) bond motifs is 1. The Balaban J connectivity index is 1.68. The van der Waals surface area contributed by atoms with Crippen LogP contribution in [0.15, 0.2) is 24.9 Å². The second-order valence-corrected chi connectivity index (χ2v) is 7.90. The predicted molar refractivity (Wildman–Crippen MR) is 119 cm³/mol. The Hall–Kier alpha value is -2.97.